The fourth-order valence-corrected chi connectivity index (χ4v) is 3.08. The summed E-state index contributed by atoms with van der Waals surface area (Å²) >= 11 is 3.45. The van der Waals surface area contributed by atoms with Gasteiger partial charge in [-0.1, -0.05) is 33.2 Å². The van der Waals surface area contributed by atoms with E-state index >= 15 is 0 Å². The SMILES string of the molecule is Cc1cc(NC(=O)CN(C)Cc2c(O)ccc3cc(Br)ccc23)no1. The van der Waals surface area contributed by atoms with Crippen molar-refractivity contribution in [3.63, 3.8) is 0 Å². The molecule has 0 aliphatic carbocycles. The molecule has 0 aliphatic rings. The number of halogens is 1. The van der Waals surface area contributed by atoms with Crippen molar-refractivity contribution in [2.24, 2.45) is 0 Å². The van der Waals surface area contributed by atoms with E-state index < -0.39 is 0 Å². The van der Waals surface area contributed by atoms with Gasteiger partial charge in [-0.15, -0.1) is 0 Å². The normalized spacial score (nSPS) is 11.2. The minimum absolute atomic E-state index is 0.165. The summed E-state index contributed by atoms with van der Waals surface area (Å²) < 4.78 is 5.90. The second-order valence-corrected chi connectivity index (χ2v) is 6.89. The van der Waals surface area contributed by atoms with Gasteiger partial charge in [-0.3, -0.25) is 9.69 Å². The average molecular weight is 404 g/mol. The first-order valence-corrected chi connectivity index (χ1v) is 8.53. The Morgan fingerprint density at radius 3 is 2.84 bits per heavy atom. The van der Waals surface area contributed by atoms with E-state index in [1.54, 1.807) is 19.1 Å². The summed E-state index contributed by atoms with van der Waals surface area (Å²) in [5.74, 6) is 1.05. The molecule has 3 rings (SSSR count). The van der Waals surface area contributed by atoms with Crippen molar-refractivity contribution in [1.29, 1.82) is 0 Å². The summed E-state index contributed by atoms with van der Waals surface area (Å²) in [7, 11) is 1.82. The molecule has 1 amide bonds. The lowest BCUT2D eigenvalue weighted by molar-refractivity contribution is -0.117. The molecule has 0 spiro atoms. The molecule has 0 fully saturated rings. The van der Waals surface area contributed by atoms with Gasteiger partial charge >= 0.3 is 0 Å². The van der Waals surface area contributed by atoms with Gasteiger partial charge in [0.1, 0.15) is 11.5 Å². The molecule has 25 heavy (non-hydrogen) atoms. The number of carbonyl (C=O) groups excluding carboxylic acids is 1. The Kier molecular flexibility index (Phi) is 5.06. The highest BCUT2D eigenvalue weighted by Gasteiger charge is 2.13. The van der Waals surface area contributed by atoms with Crippen LogP contribution in [0.2, 0.25) is 0 Å². The number of aromatic nitrogens is 1. The monoisotopic (exact) mass is 403 g/mol. The number of amides is 1. The van der Waals surface area contributed by atoms with E-state index in [-0.39, 0.29) is 18.2 Å². The number of benzene rings is 2. The number of hydrogen-bond donors (Lipinski definition) is 2. The van der Waals surface area contributed by atoms with Crippen LogP contribution in [0.15, 0.2) is 45.4 Å². The molecule has 2 N–H and O–H groups in total. The Balaban J connectivity index is 1.72. The van der Waals surface area contributed by atoms with Gasteiger partial charge in [0.05, 0.1) is 6.54 Å². The Morgan fingerprint density at radius 1 is 1.32 bits per heavy atom. The maximum absolute atomic E-state index is 12.1. The number of aryl methyl sites for hydroxylation is 1. The van der Waals surface area contributed by atoms with Crippen molar-refractivity contribution in [2.45, 2.75) is 13.5 Å². The van der Waals surface area contributed by atoms with Gasteiger partial charge in [-0.05, 0) is 42.9 Å². The molecule has 0 bridgehead atoms. The number of anilines is 1. The molecule has 0 radical (unpaired) electrons. The van der Waals surface area contributed by atoms with Crippen molar-refractivity contribution < 1.29 is 14.4 Å². The first kappa shape index (κ1) is 17.4. The Labute approximate surface area is 153 Å². The van der Waals surface area contributed by atoms with Crippen LogP contribution in [-0.2, 0) is 11.3 Å². The predicted octanol–water partition coefficient (Wildman–Crippen LogP) is 3.67. The smallest absolute Gasteiger partial charge is 0.239 e. The number of hydrogen-bond acceptors (Lipinski definition) is 5. The summed E-state index contributed by atoms with van der Waals surface area (Å²) in [6.07, 6.45) is 0. The zero-order valence-electron chi connectivity index (χ0n) is 13.9. The topological polar surface area (TPSA) is 78.6 Å². The first-order chi connectivity index (χ1) is 11.9. The van der Waals surface area contributed by atoms with Crippen LogP contribution in [0.1, 0.15) is 11.3 Å². The standard InChI is InChI=1S/C18H18BrN3O3/c1-11-7-17(21-25-11)20-18(24)10-22(2)9-15-14-5-4-13(19)8-12(14)3-6-16(15)23/h3-8,23H,9-10H2,1-2H3,(H,20,21,24). The Bertz CT molecular complexity index is 923. The molecule has 3 aromatic rings. The number of likely N-dealkylation sites (N-methyl/N-ethyl adjacent to an activating group) is 1. The Hall–Kier alpha value is -2.38. The van der Waals surface area contributed by atoms with Crippen molar-refractivity contribution in [3.05, 3.63) is 52.2 Å². The van der Waals surface area contributed by atoms with Crippen molar-refractivity contribution >= 4 is 38.4 Å². The minimum atomic E-state index is -0.196. The molecule has 6 nitrogen and oxygen atoms in total. The van der Waals surface area contributed by atoms with Crippen molar-refractivity contribution in [1.82, 2.24) is 10.1 Å². The van der Waals surface area contributed by atoms with Gasteiger partial charge in [-0.25, -0.2) is 0 Å². The maximum Gasteiger partial charge on any atom is 0.239 e. The van der Waals surface area contributed by atoms with E-state index in [0.717, 1.165) is 20.8 Å². The van der Waals surface area contributed by atoms with Crippen LogP contribution in [-0.4, -0.2) is 34.7 Å². The van der Waals surface area contributed by atoms with Crippen LogP contribution < -0.4 is 5.32 Å². The molecule has 130 valence electrons. The number of nitrogens with zero attached hydrogens (tertiary/aromatic N) is 2. The number of fused-ring (bicyclic) bond motifs is 1. The van der Waals surface area contributed by atoms with Crippen molar-refractivity contribution in [3.8, 4) is 5.75 Å². The van der Waals surface area contributed by atoms with Gasteiger partial charge in [0, 0.05) is 22.6 Å². The summed E-state index contributed by atoms with van der Waals surface area (Å²) in [6.45, 7) is 2.37. The van der Waals surface area contributed by atoms with E-state index in [2.05, 4.69) is 26.4 Å². The third-order valence-electron chi connectivity index (χ3n) is 3.81. The van der Waals surface area contributed by atoms with Gasteiger partial charge in [0.15, 0.2) is 5.82 Å². The quantitative estimate of drug-likeness (QED) is 0.679. The highest BCUT2D eigenvalue weighted by molar-refractivity contribution is 9.10. The summed E-state index contributed by atoms with van der Waals surface area (Å²) in [5.41, 5.74) is 0.789. The number of rotatable bonds is 5. The van der Waals surface area contributed by atoms with Gasteiger partial charge in [0.2, 0.25) is 5.91 Å². The molecule has 7 heteroatoms. The van der Waals surface area contributed by atoms with Crippen LogP contribution in [0.4, 0.5) is 5.82 Å². The molecular weight excluding hydrogens is 386 g/mol. The fraction of sp³-hybridized carbons (Fsp3) is 0.222. The van der Waals surface area contributed by atoms with Crippen molar-refractivity contribution in [2.75, 3.05) is 18.9 Å². The van der Waals surface area contributed by atoms with Gasteiger partial charge in [0.25, 0.3) is 0 Å². The maximum atomic E-state index is 12.1. The lowest BCUT2D eigenvalue weighted by Gasteiger charge is -2.18. The number of nitrogens with one attached hydrogen (secondary N) is 1. The first-order valence-electron chi connectivity index (χ1n) is 7.74. The highest BCUT2D eigenvalue weighted by Crippen LogP contribution is 2.30. The molecule has 0 saturated heterocycles. The predicted molar refractivity (Wildman–Crippen MR) is 99.5 cm³/mol. The Morgan fingerprint density at radius 2 is 2.12 bits per heavy atom. The lowest BCUT2D eigenvalue weighted by atomic mass is 10.0. The molecule has 1 heterocycles. The average Bonchev–Trinajstić information content (AvgIpc) is 2.94. The lowest BCUT2D eigenvalue weighted by Crippen LogP contribution is -2.30. The van der Waals surface area contributed by atoms with Gasteiger partial charge in [-0.2, -0.15) is 0 Å². The van der Waals surface area contributed by atoms with Crippen LogP contribution in [0.25, 0.3) is 10.8 Å². The summed E-state index contributed by atoms with van der Waals surface area (Å²) in [4.78, 5) is 13.9. The molecule has 0 unspecified atom stereocenters. The molecular formula is C18H18BrN3O3. The van der Waals surface area contributed by atoms with Crippen LogP contribution >= 0.6 is 15.9 Å². The van der Waals surface area contributed by atoms with Crippen LogP contribution in [0.3, 0.4) is 0 Å². The second kappa shape index (κ2) is 7.25. The number of phenols is 1. The highest BCUT2D eigenvalue weighted by atomic mass is 79.9. The van der Waals surface area contributed by atoms with E-state index in [1.807, 2.05) is 36.2 Å². The summed E-state index contributed by atoms with van der Waals surface area (Å²) in [6, 6.07) is 11.1. The fourth-order valence-electron chi connectivity index (χ4n) is 2.70. The third-order valence-corrected chi connectivity index (χ3v) is 4.30. The summed E-state index contributed by atoms with van der Waals surface area (Å²) in [5, 5.41) is 18.6. The van der Waals surface area contributed by atoms with E-state index in [4.69, 9.17) is 4.52 Å². The molecule has 0 atom stereocenters. The largest absolute Gasteiger partial charge is 0.508 e. The zero-order chi connectivity index (χ0) is 18.0. The number of aromatic hydroxyl groups is 1. The van der Waals surface area contributed by atoms with E-state index in [0.29, 0.717) is 18.1 Å². The zero-order valence-corrected chi connectivity index (χ0v) is 15.5. The van der Waals surface area contributed by atoms with Gasteiger partial charge < -0.3 is 14.9 Å². The van der Waals surface area contributed by atoms with Crippen LogP contribution in [0, 0.1) is 6.92 Å². The third kappa shape index (κ3) is 4.18. The molecule has 0 aliphatic heterocycles. The number of phenolic OH excluding ortho intramolecular Hbond substituents is 1. The molecule has 1 aromatic heterocycles. The minimum Gasteiger partial charge on any atom is -0.508 e. The molecule has 0 saturated carbocycles. The van der Waals surface area contributed by atoms with E-state index in [9.17, 15) is 9.90 Å². The van der Waals surface area contributed by atoms with E-state index in [1.165, 1.54) is 0 Å². The van der Waals surface area contributed by atoms with Crippen LogP contribution in [0.5, 0.6) is 5.75 Å². The second-order valence-electron chi connectivity index (χ2n) is 5.97. The molecule has 2 aromatic carbocycles. The number of carbonyl (C=O) groups is 1.